The van der Waals surface area contributed by atoms with Gasteiger partial charge in [-0.1, -0.05) is 18.2 Å². The minimum Gasteiger partial charge on any atom is -0.490 e. The van der Waals surface area contributed by atoms with Gasteiger partial charge in [0.25, 0.3) is 0 Å². The molecule has 0 radical (unpaired) electrons. The fourth-order valence-corrected chi connectivity index (χ4v) is 4.12. The van der Waals surface area contributed by atoms with Crippen LogP contribution in [0, 0.1) is 0 Å². The molecule has 1 amide bonds. The van der Waals surface area contributed by atoms with Crippen LogP contribution >= 0.6 is 0 Å². The highest BCUT2D eigenvalue weighted by molar-refractivity contribution is 5.78. The Balaban J connectivity index is 1.53. The molecule has 1 N–H and O–H groups in total. The molecule has 1 aromatic heterocycles. The lowest BCUT2D eigenvalue weighted by Crippen LogP contribution is -2.46. The second kappa shape index (κ2) is 10.6. The lowest BCUT2D eigenvalue weighted by molar-refractivity contribution is -0.135. The second-order valence-electron chi connectivity index (χ2n) is 8.27. The summed E-state index contributed by atoms with van der Waals surface area (Å²) in [5.74, 6) is 1.97. The highest BCUT2D eigenvalue weighted by Crippen LogP contribution is 2.32. The third-order valence-electron chi connectivity index (χ3n) is 5.78. The fourth-order valence-electron chi connectivity index (χ4n) is 4.12. The van der Waals surface area contributed by atoms with E-state index in [1.165, 1.54) is 0 Å². The van der Waals surface area contributed by atoms with Gasteiger partial charge in [-0.3, -0.25) is 9.69 Å². The van der Waals surface area contributed by atoms with Crippen molar-refractivity contribution in [2.24, 2.45) is 0 Å². The maximum atomic E-state index is 12.9. The molecule has 1 saturated heterocycles. The van der Waals surface area contributed by atoms with Crippen LogP contribution in [0.3, 0.4) is 0 Å². The number of ether oxygens (including phenoxy) is 2. The monoisotopic (exact) mass is 425 g/mol. The number of likely N-dealkylation sites (tertiary alicyclic amines) is 1. The van der Waals surface area contributed by atoms with E-state index in [-0.39, 0.29) is 5.91 Å². The molecule has 166 valence electrons. The van der Waals surface area contributed by atoms with Crippen LogP contribution in [-0.2, 0) is 11.3 Å². The van der Waals surface area contributed by atoms with Crippen molar-refractivity contribution in [3.63, 3.8) is 0 Å². The van der Waals surface area contributed by atoms with Crippen molar-refractivity contribution in [1.29, 1.82) is 0 Å². The number of pyridine rings is 1. The van der Waals surface area contributed by atoms with E-state index in [2.05, 4.69) is 9.88 Å². The van der Waals surface area contributed by atoms with Crippen LogP contribution in [0.5, 0.6) is 17.4 Å². The number of rotatable bonds is 2. The number of nitrogens with zero attached hydrogens (tertiary/aromatic N) is 3. The maximum absolute atomic E-state index is 12.9. The third-order valence-corrected chi connectivity index (χ3v) is 5.78. The fraction of sp³-hybridized carbons (Fsp3) is 0.500. The largest absolute Gasteiger partial charge is 0.490 e. The van der Waals surface area contributed by atoms with E-state index in [1.807, 2.05) is 36.4 Å². The minimum atomic E-state index is -0.411. The first-order valence-electron chi connectivity index (χ1n) is 11.2. The summed E-state index contributed by atoms with van der Waals surface area (Å²) in [4.78, 5) is 21.3. The number of carbonyl (C=O) groups excluding carboxylic acids is 1. The molecule has 1 aromatic carbocycles. The van der Waals surface area contributed by atoms with Crippen LogP contribution < -0.4 is 9.47 Å². The molecule has 1 unspecified atom stereocenters. The first-order valence-corrected chi connectivity index (χ1v) is 11.2. The number of amides is 1. The van der Waals surface area contributed by atoms with Gasteiger partial charge in [0, 0.05) is 31.4 Å². The molecular weight excluding hydrogens is 394 g/mol. The highest BCUT2D eigenvalue weighted by atomic mass is 16.5. The Kier molecular flexibility index (Phi) is 7.38. The first kappa shape index (κ1) is 21.6. The van der Waals surface area contributed by atoms with Gasteiger partial charge in [0.1, 0.15) is 0 Å². The van der Waals surface area contributed by atoms with E-state index in [9.17, 15) is 9.90 Å². The van der Waals surface area contributed by atoms with Gasteiger partial charge < -0.3 is 19.5 Å². The Morgan fingerprint density at radius 1 is 1.06 bits per heavy atom. The number of aliphatic hydroxyl groups is 1. The normalized spacial score (nSPS) is 20.7. The van der Waals surface area contributed by atoms with Gasteiger partial charge in [-0.05, 0) is 56.8 Å². The number of hydrogen-bond donors (Lipinski definition) is 1. The third kappa shape index (κ3) is 5.95. The Hall–Kier alpha value is -2.64. The molecular formula is C24H31N3O4. The van der Waals surface area contributed by atoms with Crippen LogP contribution in [0.15, 0.2) is 42.6 Å². The standard InChI is InChI=1S/C24H31N3O4/c28-20-9-7-14-27(17-20)23(29)18-26-13-4-1-5-15-30-21-10-2-3-11-22(21)31-24-19(16-26)8-6-12-25-24/h2-3,6,8,10-12,20,28H,1,4-5,7,9,13-18H2. The summed E-state index contributed by atoms with van der Waals surface area (Å²) in [7, 11) is 0. The van der Waals surface area contributed by atoms with E-state index < -0.39 is 6.10 Å². The maximum Gasteiger partial charge on any atom is 0.236 e. The Labute approximate surface area is 183 Å². The summed E-state index contributed by atoms with van der Waals surface area (Å²) in [5, 5.41) is 9.94. The van der Waals surface area contributed by atoms with Gasteiger partial charge in [-0.15, -0.1) is 0 Å². The smallest absolute Gasteiger partial charge is 0.236 e. The van der Waals surface area contributed by atoms with Crippen LogP contribution in [0.25, 0.3) is 0 Å². The predicted molar refractivity (Wildman–Crippen MR) is 117 cm³/mol. The SMILES string of the molecule is O=C(CN1CCCCCOc2ccccc2Oc2ncccc2C1)N1CCCC(O)C1. The average Bonchev–Trinajstić information content (AvgIpc) is 2.79. The topological polar surface area (TPSA) is 75.1 Å². The lowest BCUT2D eigenvalue weighted by atomic mass is 10.1. The molecule has 2 aromatic rings. The summed E-state index contributed by atoms with van der Waals surface area (Å²) >= 11 is 0. The molecule has 1 atom stereocenters. The average molecular weight is 426 g/mol. The predicted octanol–water partition coefficient (Wildman–Crippen LogP) is 3.22. The quantitative estimate of drug-likeness (QED) is 0.796. The number of fused-ring (bicyclic) bond motifs is 2. The summed E-state index contributed by atoms with van der Waals surface area (Å²) in [6, 6.07) is 11.5. The molecule has 0 saturated carbocycles. The number of piperidine rings is 1. The van der Waals surface area contributed by atoms with E-state index in [0.717, 1.165) is 50.8 Å². The minimum absolute atomic E-state index is 0.0723. The van der Waals surface area contributed by atoms with Crippen molar-refractivity contribution < 1.29 is 19.4 Å². The van der Waals surface area contributed by atoms with E-state index in [0.29, 0.717) is 43.6 Å². The lowest BCUT2D eigenvalue weighted by Gasteiger charge is -2.32. The van der Waals surface area contributed by atoms with Gasteiger partial charge in [-0.25, -0.2) is 4.98 Å². The molecule has 7 nitrogen and oxygen atoms in total. The van der Waals surface area contributed by atoms with Crippen LogP contribution in [0.4, 0.5) is 0 Å². The molecule has 0 bridgehead atoms. The Morgan fingerprint density at radius 2 is 1.94 bits per heavy atom. The van der Waals surface area contributed by atoms with Crippen molar-refractivity contribution in [2.45, 2.75) is 44.8 Å². The van der Waals surface area contributed by atoms with Gasteiger partial charge >= 0.3 is 0 Å². The summed E-state index contributed by atoms with van der Waals surface area (Å²) < 4.78 is 12.1. The van der Waals surface area contributed by atoms with Crippen LogP contribution in [0.1, 0.15) is 37.7 Å². The Bertz CT molecular complexity index is 875. The molecule has 2 aliphatic rings. The molecule has 3 heterocycles. The van der Waals surface area contributed by atoms with Crippen molar-refractivity contribution in [3.8, 4) is 17.4 Å². The summed E-state index contributed by atoms with van der Waals surface area (Å²) in [6.07, 6.45) is 5.88. The van der Waals surface area contributed by atoms with Crippen molar-refractivity contribution in [1.82, 2.24) is 14.8 Å². The first-order chi connectivity index (χ1) is 15.2. The molecule has 0 spiro atoms. The van der Waals surface area contributed by atoms with Crippen molar-refractivity contribution >= 4 is 5.91 Å². The van der Waals surface area contributed by atoms with Crippen LogP contribution in [0.2, 0.25) is 0 Å². The summed E-state index contributed by atoms with van der Waals surface area (Å²) in [6.45, 7) is 3.49. The van der Waals surface area contributed by atoms with Crippen LogP contribution in [-0.4, -0.2) is 64.7 Å². The number of aromatic nitrogens is 1. The zero-order valence-corrected chi connectivity index (χ0v) is 17.9. The molecule has 0 aliphatic carbocycles. The number of benzene rings is 1. The number of β-amino-alcohol motifs (C(OH)–C–C–N with tert-alkyl or cyclic N) is 1. The van der Waals surface area contributed by atoms with E-state index in [1.54, 1.807) is 11.1 Å². The number of para-hydroxylation sites is 2. The molecule has 4 rings (SSSR count). The van der Waals surface area contributed by atoms with Crippen molar-refractivity contribution in [2.75, 3.05) is 32.8 Å². The van der Waals surface area contributed by atoms with Gasteiger partial charge in [0.2, 0.25) is 11.8 Å². The molecule has 1 fully saturated rings. The van der Waals surface area contributed by atoms with Gasteiger partial charge in [0.15, 0.2) is 11.5 Å². The van der Waals surface area contributed by atoms with Crippen molar-refractivity contribution in [3.05, 3.63) is 48.2 Å². The molecule has 31 heavy (non-hydrogen) atoms. The number of aliphatic hydroxyl groups excluding tert-OH is 1. The van der Waals surface area contributed by atoms with E-state index in [4.69, 9.17) is 9.47 Å². The zero-order chi connectivity index (χ0) is 21.5. The van der Waals surface area contributed by atoms with E-state index >= 15 is 0 Å². The number of carbonyl (C=O) groups is 1. The zero-order valence-electron chi connectivity index (χ0n) is 17.9. The highest BCUT2D eigenvalue weighted by Gasteiger charge is 2.24. The van der Waals surface area contributed by atoms with Gasteiger partial charge in [0.05, 0.1) is 19.3 Å². The Morgan fingerprint density at radius 3 is 2.81 bits per heavy atom. The van der Waals surface area contributed by atoms with Gasteiger partial charge in [-0.2, -0.15) is 0 Å². The number of hydrogen-bond acceptors (Lipinski definition) is 6. The molecule has 2 aliphatic heterocycles. The summed E-state index contributed by atoms with van der Waals surface area (Å²) in [5.41, 5.74) is 0.933. The second-order valence-corrected chi connectivity index (χ2v) is 8.27. The molecule has 7 heteroatoms.